The van der Waals surface area contributed by atoms with Crippen molar-refractivity contribution in [3.05, 3.63) is 35.0 Å². The molecule has 1 aliphatic rings. The second kappa shape index (κ2) is 8.47. The largest absolute Gasteiger partial charge is 0.446 e. The minimum absolute atomic E-state index is 0.0615. The summed E-state index contributed by atoms with van der Waals surface area (Å²) in [6.07, 6.45) is 2.21. The molecule has 1 amide bonds. The van der Waals surface area contributed by atoms with Crippen LogP contribution in [0.2, 0.25) is 0 Å². The van der Waals surface area contributed by atoms with Crippen LogP contribution >= 0.6 is 0 Å². The molecule has 1 aliphatic carbocycles. The molecular weight excluding hydrogens is 382 g/mol. The molecule has 2 heterocycles. The Balaban J connectivity index is 1.47. The maximum Gasteiger partial charge on any atom is 0.407 e. The third kappa shape index (κ3) is 4.33. The first kappa shape index (κ1) is 20.4. The van der Waals surface area contributed by atoms with Crippen molar-refractivity contribution >= 4 is 17.1 Å². The zero-order valence-corrected chi connectivity index (χ0v) is 17.9. The lowest BCUT2D eigenvalue weighted by Crippen LogP contribution is -2.33. The first-order valence-electron chi connectivity index (χ1n) is 10.4. The second-order valence-electron chi connectivity index (χ2n) is 8.37. The number of aromatic nitrogens is 4. The summed E-state index contributed by atoms with van der Waals surface area (Å²) in [5.74, 6) is 1.04. The fourth-order valence-corrected chi connectivity index (χ4v) is 4.15. The highest BCUT2D eigenvalue weighted by molar-refractivity contribution is 5.82. The van der Waals surface area contributed by atoms with Crippen LogP contribution in [-0.2, 0) is 16.1 Å². The fourth-order valence-electron chi connectivity index (χ4n) is 4.15. The van der Waals surface area contributed by atoms with E-state index in [9.17, 15) is 4.79 Å². The molecule has 2 atom stereocenters. The van der Waals surface area contributed by atoms with Crippen LogP contribution in [0.1, 0.15) is 55.8 Å². The standard InChI is InChI=1S/C22H29N5O3/c1-12(2)23-22(28)30-16-6-5-15(9-16)17-10-19(27-26-17)21-24-18-8-14(11-29-4)7-13(3)20(18)25-21/h7-8,10,12,15-16H,5-6,9,11H2,1-4H3,(H,23,28)(H,24,25)(H,26,27). The molecule has 160 valence electrons. The quantitative estimate of drug-likeness (QED) is 0.564. The number of aryl methyl sites for hydroxylation is 1. The molecule has 1 fully saturated rings. The lowest BCUT2D eigenvalue weighted by molar-refractivity contribution is 0.0981. The summed E-state index contributed by atoms with van der Waals surface area (Å²) in [7, 11) is 1.69. The molecule has 3 aromatic rings. The number of nitrogens with zero attached hydrogens (tertiary/aromatic N) is 2. The Bertz CT molecular complexity index is 1040. The van der Waals surface area contributed by atoms with Gasteiger partial charge >= 0.3 is 6.09 Å². The lowest BCUT2D eigenvalue weighted by atomic mass is 10.0. The van der Waals surface area contributed by atoms with Crippen molar-refractivity contribution in [3.8, 4) is 11.5 Å². The van der Waals surface area contributed by atoms with Crippen LogP contribution in [0.3, 0.4) is 0 Å². The van der Waals surface area contributed by atoms with Crippen LogP contribution in [0, 0.1) is 6.92 Å². The molecule has 30 heavy (non-hydrogen) atoms. The van der Waals surface area contributed by atoms with Crippen LogP contribution in [0.25, 0.3) is 22.6 Å². The summed E-state index contributed by atoms with van der Waals surface area (Å²) < 4.78 is 10.8. The normalized spacial score (nSPS) is 19.0. The average molecular weight is 412 g/mol. The number of aromatic amines is 2. The molecule has 1 saturated carbocycles. The Labute approximate surface area is 175 Å². The molecule has 8 heteroatoms. The number of rotatable bonds is 6. The molecule has 0 aliphatic heterocycles. The Morgan fingerprint density at radius 3 is 2.90 bits per heavy atom. The van der Waals surface area contributed by atoms with Gasteiger partial charge in [-0.05, 0) is 63.3 Å². The van der Waals surface area contributed by atoms with Gasteiger partial charge in [-0.1, -0.05) is 6.07 Å². The van der Waals surface area contributed by atoms with Crippen molar-refractivity contribution < 1.29 is 14.3 Å². The Morgan fingerprint density at radius 1 is 1.30 bits per heavy atom. The summed E-state index contributed by atoms with van der Waals surface area (Å²) in [6.45, 7) is 6.46. The highest BCUT2D eigenvalue weighted by atomic mass is 16.6. The molecule has 1 aromatic carbocycles. The van der Waals surface area contributed by atoms with Crippen LogP contribution in [0.15, 0.2) is 18.2 Å². The number of ether oxygens (including phenoxy) is 2. The molecule has 0 bridgehead atoms. The number of imidazole rings is 1. The molecule has 2 aromatic heterocycles. The van der Waals surface area contributed by atoms with Gasteiger partial charge in [-0.25, -0.2) is 9.78 Å². The van der Waals surface area contributed by atoms with Crippen molar-refractivity contribution in [3.63, 3.8) is 0 Å². The van der Waals surface area contributed by atoms with Gasteiger partial charge in [0.2, 0.25) is 0 Å². The monoisotopic (exact) mass is 411 g/mol. The molecule has 3 N–H and O–H groups in total. The highest BCUT2D eigenvalue weighted by Gasteiger charge is 2.30. The molecule has 0 radical (unpaired) electrons. The minimum Gasteiger partial charge on any atom is -0.446 e. The maximum absolute atomic E-state index is 11.8. The lowest BCUT2D eigenvalue weighted by Gasteiger charge is -2.14. The van der Waals surface area contributed by atoms with Gasteiger partial charge in [0.25, 0.3) is 0 Å². The second-order valence-corrected chi connectivity index (χ2v) is 8.37. The van der Waals surface area contributed by atoms with E-state index >= 15 is 0 Å². The van der Waals surface area contributed by atoms with Crippen molar-refractivity contribution in [2.24, 2.45) is 0 Å². The Hall–Kier alpha value is -2.87. The first-order chi connectivity index (χ1) is 14.4. The number of hydrogen-bond donors (Lipinski definition) is 3. The van der Waals surface area contributed by atoms with Gasteiger partial charge in [-0.15, -0.1) is 0 Å². The summed E-state index contributed by atoms with van der Waals surface area (Å²) >= 11 is 0. The van der Waals surface area contributed by atoms with E-state index < -0.39 is 0 Å². The maximum atomic E-state index is 11.8. The SMILES string of the molecule is COCc1cc(C)c2nc(-c3cc(C4CCC(OC(=O)NC(C)C)C4)[nH]n3)[nH]c2c1. The number of amides is 1. The molecule has 0 spiro atoms. The van der Waals surface area contributed by atoms with Crippen molar-refractivity contribution in [1.82, 2.24) is 25.5 Å². The number of carbonyl (C=O) groups excluding carboxylic acids is 1. The van der Waals surface area contributed by atoms with E-state index in [1.54, 1.807) is 7.11 Å². The number of fused-ring (bicyclic) bond motifs is 1. The van der Waals surface area contributed by atoms with E-state index in [0.29, 0.717) is 12.5 Å². The highest BCUT2D eigenvalue weighted by Crippen LogP contribution is 2.36. The predicted octanol–water partition coefficient (Wildman–Crippen LogP) is 4.18. The molecule has 2 unspecified atom stereocenters. The predicted molar refractivity (Wildman–Crippen MR) is 114 cm³/mol. The third-order valence-electron chi connectivity index (χ3n) is 5.49. The number of hydrogen-bond acceptors (Lipinski definition) is 5. The van der Waals surface area contributed by atoms with Gasteiger partial charge < -0.3 is 19.8 Å². The summed E-state index contributed by atoms with van der Waals surface area (Å²) in [5, 5.41) is 10.4. The van der Waals surface area contributed by atoms with Gasteiger partial charge in [-0.3, -0.25) is 5.10 Å². The zero-order chi connectivity index (χ0) is 21.3. The summed E-state index contributed by atoms with van der Waals surface area (Å²) in [4.78, 5) is 20.0. The van der Waals surface area contributed by atoms with E-state index in [1.165, 1.54) is 0 Å². The summed E-state index contributed by atoms with van der Waals surface area (Å²) in [6, 6.07) is 6.28. The van der Waals surface area contributed by atoms with E-state index in [2.05, 4.69) is 39.6 Å². The van der Waals surface area contributed by atoms with Gasteiger partial charge in [-0.2, -0.15) is 5.10 Å². The third-order valence-corrected chi connectivity index (χ3v) is 5.49. The number of H-pyrrole nitrogens is 2. The van der Waals surface area contributed by atoms with Gasteiger partial charge in [0.1, 0.15) is 11.8 Å². The molecule has 8 nitrogen and oxygen atoms in total. The molecule has 4 rings (SSSR count). The Morgan fingerprint density at radius 2 is 2.13 bits per heavy atom. The number of nitrogens with one attached hydrogen (secondary N) is 3. The average Bonchev–Trinajstić information content (AvgIpc) is 3.39. The number of carbonyl (C=O) groups is 1. The number of benzene rings is 1. The van der Waals surface area contributed by atoms with E-state index in [1.807, 2.05) is 19.9 Å². The minimum atomic E-state index is -0.341. The molecule has 0 saturated heterocycles. The van der Waals surface area contributed by atoms with Crippen LogP contribution in [0.5, 0.6) is 0 Å². The van der Waals surface area contributed by atoms with Gasteiger partial charge in [0, 0.05) is 24.8 Å². The topological polar surface area (TPSA) is 105 Å². The molecular formula is C22H29N5O3. The fraction of sp³-hybridized carbons (Fsp3) is 0.500. The number of methoxy groups -OCH3 is 1. The number of alkyl carbamates (subject to hydrolysis) is 1. The van der Waals surface area contributed by atoms with Gasteiger partial charge in [0.15, 0.2) is 5.82 Å². The summed E-state index contributed by atoms with van der Waals surface area (Å²) in [5.41, 5.74) is 5.98. The van der Waals surface area contributed by atoms with Crippen molar-refractivity contribution in [1.29, 1.82) is 0 Å². The van der Waals surface area contributed by atoms with Crippen molar-refractivity contribution in [2.75, 3.05) is 7.11 Å². The Kier molecular flexibility index (Phi) is 5.76. The van der Waals surface area contributed by atoms with Crippen molar-refractivity contribution in [2.45, 2.75) is 64.7 Å². The van der Waals surface area contributed by atoms with Gasteiger partial charge in [0.05, 0.1) is 17.6 Å². The van der Waals surface area contributed by atoms with E-state index in [4.69, 9.17) is 14.5 Å². The van der Waals surface area contributed by atoms with E-state index in [0.717, 1.165) is 58.6 Å². The van der Waals surface area contributed by atoms with Crippen LogP contribution < -0.4 is 5.32 Å². The smallest absolute Gasteiger partial charge is 0.407 e. The van der Waals surface area contributed by atoms with Crippen LogP contribution in [0.4, 0.5) is 4.79 Å². The first-order valence-corrected chi connectivity index (χ1v) is 10.4. The van der Waals surface area contributed by atoms with E-state index in [-0.39, 0.29) is 18.2 Å². The van der Waals surface area contributed by atoms with Crippen LogP contribution in [-0.4, -0.2) is 45.5 Å². The zero-order valence-electron chi connectivity index (χ0n) is 17.9.